The van der Waals surface area contributed by atoms with Gasteiger partial charge in [0.2, 0.25) is 5.91 Å². The summed E-state index contributed by atoms with van der Waals surface area (Å²) >= 11 is 2.01. The van der Waals surface area contributed by atoms with Crippen LogP contribution in [0.15, 0.2) is 24.4 Å². The predicted octanol–water partition coefficient (Wildman–Crippen LogP) is 1.02. The fourth-order valence-electron chi connectivity index (χ4n) is 3.13. The van der Waals surface area contributed by atoms with Crippen LogP contribution in [-0.4, -0.2) is 46.4 Å². The summed E-state index contributed by atoms with van der Waals surface area (Å²) in [6.07, 6.45) is 3.39. The van der Waals surface area contributed by atoms with Gasteiger partial charge in [-0.05, 0) is 25.0 Å². The van der Waals surface area contributed by atoms with Gasteiger partial charge in [0.25, 0.3) is 0 Å². The van der Waals surface area contributed by atoms with Crippen LogP contribution in [0.25, 0.3) is 0 Å². The minimum atomic E-state index is -0.531. The number of amides is 1. The van der Waals surface area contributed by atoms with E-state index in [2.05, 4.69) is 9.88 Å². The summed E-state index contributed by atoms with van der Waals surface area (Å²) in [5.41, 5.74) is 5.96. The highest BCUT2D eigenvalue weighted by molar-refractivity contribution is 7.99. The first kappa shape index (κ1) is 12.9. The summed E-state index contributed by atoms with van der Waals surface area (Å²) in [4.78, 5) is 18.7. The van der Waals surface area contributed by atoms with Gasteiger partial charge < -0.3 is 5.73 Å². The highest BCUT2D eigenvalue weighted by atomic mass is 32.2. The van der Waals surface area contributed by atoms with Gasteiger partial charge in [-0.15, -0.1) is 0 Å². The first-order valence-electron chi connectivity index (χ1n) is 6.75. The molecule has 5 heteroatoms. The molecule has 3 rings (SSSR count). The molecule has 0 spiro atoms. The number of thioether (sulfide) groups is 1. The molecule has 1 aromatic heterocycles. The van der Waals surface area contributed by atoms with Gasteiger partial charge in [-0.2, -0.15) is 11.8 Å². The molecule has 0 atom stereocenters. The van der Waals surface area contributed by atoms with Crippen LogP contribution in [0.3, 0.4) is 0 Å². The molecule has 102 valence electrons. The van der Waals surface area contributed by atoms with E-state index in [4.69, 9.17) is 5.73 Å². The molecule has 1 aromatic rings. The first-order chi connectivity index (χ1) is 9.22. The number of nitrogens with zero attached hydrogens (tertiary/aromatic N) is 2. The third kappa shape index (κ3) is 2.25. The van der Waals surface area contributed by atoms with Gasteiger partial charge in [-0.3, -0.25) is 14.7 Å². The summed E-state index contributed by atoms with van der Waals surface area (Å²) in [6, 6.07) is 6.22. The zero-order chi connectivity index (χ0) is 13.3. The van der Waals surface area contributed by atoms with E-state index in [0.29, 0.717) is 6.04 Å². The zero-order valence-electron chi connectivity index (χ0n) is 10.9. The van der Waals surface area contributed by atoms with Crippen molar-refractivity contribution in [2.75, 3.05) is 24.6 Å². The lowest BCUT2D eigenvalue weighted by molar-refractivity contribution is -0.129. The van der Waals surface area contributed by atoms with E-state index in [-0.39, 0.29) is 5.91 Å². The smallest absolute Gasteiger partial charge is 0.229 e. The number of rotatable bonds is 3. The van der Waals surface area contributed by atoms with Gasteiger partial charge in [0.1, 0.15) is 0 Å². The van der Waals surface area contributed by atoms with E-state index in [1.807, 2.05) is 30.0 Å². The molecule has 1 saturated carbocycles. The van der Waals surface area contributed by atoms with Gasteiger partial charge in [0, 0.05) is 36.8 Å². The molecule has 1 aliphatic heterocycles. The molecule has 0 aromatic carbocycles. The minimum absolute atomic E-state index is 0.228. The first-order valence-corrected chi connectivity index (χ1v) is 7.91. The number of carbonyl (C=O) groups is 1. The Balaban J connectivity index is 1.74. The molecule has 19 heavy (non-hydrogen) atoms. The topological polar surface area (TPSA) is 59.2 Å². The van der Waals surface area contributed by atoms with Crippen LogP contribution in [0, 0.1) is 0 Å². The van der Waals surface area contributed by atoms with E-state index >= 15 is 0 Å². The van der Waals surface area contributed by atoms with E-state index in [9.17, 15) is 4.79 Å². The third-order valence-electron chi connectivity index (χ3n) is 4.36. The fourth-order valence-corrected chi connectivity index (χ4v) is 4.06. The molecule has 0 bridgehead atoms. The largest absolute Gasteiger partial charge is 0.369 e. The van der Waals surface area contributed by atoms with Crippen molar-refractivity contribution in [1.82, 2.24) is 9.88 Å². The van der Waals surface area contributed by atoms with Crippen LogP contribution in [0.2, 0.25) is 0 Å². The summed E-state index contributed by atoms with van der Waals surface area (Å²) < 4.78 is 0. The number of aromatic nitrogens is 1. The van der Waals surface area contributed by atoms with E-state index in [1.165, 1.54) is 11.5 Å². The van der Waals surface area contributed by atoms with Crippen LogP contribution in [0.4, 0.5) is 0 Å². The molecule has 4 nitrogen and oxygen atoms in total. The van der Waals surface area contributed by atoms with Crippen molar-refractivity contribution >= 4 is 17.7 Å². The molecule has 2 heterocycles. The second kappa shape index (κ2) is 5.13. The van der Waals surface area contributed by atoms with Gasteiger partial charge in [0.05, 0.1) is 11.1 Å². The van der Waals surface area contributed by atoms with Crippen molar-refractivity contribution in [2.45, 2.75) is 24.3 Å². The summed E-state index contributed by atoms with van der Waals surface area (Å²) in [5, 5.41) is 0. The number of hydrogen-bond donors (Lipinski definition) is 1. The number of pyridine rings is 1. The van der Waals surface area contributed by atoms with Crippen molar-refractivity contribution in [1.29, 1.82) is 0 Å². The molecule has 2 aliphatic rings. The number of hydrogen-bond acceptors (Lipinski definition) is 4. The molecule has 1 amide bonds. The standard InChI is InChI=1S/C14H19N3OS/c15-13(18)14(12-3-1-2-4-16-12)9-11(10-14)17-5-7-19-8-6-17/h1-4,11H,5-10H2,(H2,15,18). The summed E-state index contributed by atoms with van der Waals surface area (Å²) in [7, 11) is 0. The van der Waals surface area contributed by atoms with Gasteiger partial charge >= 0.3 is 0 Å². The van der Waals surface area contributed by atoms with Crippen LogP contribution >= 0.6 is 11.8 Å². The highest BCUT2D eigenvalue weighted by Crippen LogP contribution is 2.45. The molecule has 1 saturated heterocycles. The second-order valence-corrected chi connectivity index (χ2v) is 6.60. The fraction of sp³-hybridized carbons (Fsp3) is 0.571. The predicted molar refractivity (Wildman–Crippen MR) is 77.0 cm³/mol. The lowest BCUT2D eigenvalue weighted by atomic mass is 9.62. The SMILES string of the molecule is NC(=O)C1(c2ccccn2)CC(N2CCSCC2)C1. The number of primary amides is 1. The maximum atomic E-state index is 11.9. The average Bonchev–Trinajstić information content (AvgIpc) is 2.40. The Hall–Kier alpha value is -1.07. The molecular formula is C14H19N3OS. The lowest BCUT2D eigenvalue weighted by Gasteiger charge is -2.50. The van der Waals surface area contributed by atoms with E-state index in [0.717, 1.165) is 31.6 Å². The van der Waals surface area contributed by atoms with Crippen LogP contribution in [0.5, 0.6) is 0 Å². The van der Waals surface area contributed by atoms with Crippen LogP contribution in [0.1, 0.15) is 18.5 Å². The lowest BCUT2D eigenvalue weighted by Crippen LogP contribution is -2.60. The quantitative estimate of drug-likeness (QED) is 0.896. The van der Waals surface area contributed by atoms with Gasteiger partial charge in [0.15, 0.2) is 0 Å². The number of nitrogens with two attached hydrogens (primary N) is 1. The van der Waals surface area contributed by atoms with Crippen molar-refractivity contribution in [3.63, 3.8) is 0 Å². The van der Waals surface area contributed by atoms with E-state index in [1.54, 1.807) is 6.20 Å². The zero-order valence-corrected chi connectivity index (χ0v) is 11.7. The van der Waals surface area contributed by atoms with Crippen LogP contribution in [-0.2, 0) is 10.2 Å². The minimum Gasteiger partial charge on any atom is -0.369 e. The molecule has 2 N–H and O–H groups in total. The summed E-state index contributed by atoms with van der Waals surface area (Å²) in [6.45, 7) is 2.26. The Morgan fingerprint density at radius 1 is 1.37 bits per heavy atom. The Kier molecular flexibility index (Phi) is 3.50. The summed E-state index contributed by atoms with van der Waals surface area (Å²) in [5.74, 6) is 2.17. The number of carbonyl (C=O) groups excluding carboxylic acids is 1. The maximum Gasteiger partial charge on any atom is 0.229 e. The molecule has 1 aliphatic carbocycles. The Labute approximate surface area is 117 Å². The van der Waals surface area contributed by atoms with Crippen molar-refractivity contribution in [3.05, 3.63) is 30.1 Å². The third-order valence-corrected chi connectivity index (χ3v) is 5.30. The molecule has 0 radical (unpaired) electrons. The highest BCUT2D eigenvalue weighted by Gasteiger charge is 2.53. The monoisotopic (exact) mass is 277 g/mol. The normalized spacial score (nSPS) is 31.7. The molecule has 0 unspecified atom stereocenters. The van der Waals surface area contributed by atoms with Crippen molar-refractivity contribution in [2.24, 2.45) is 5.73 Å². The second-order valence-electron chi connectivity index (χ2n) is 5.37. The van der Waals surface area contributed by atoms with Gasteiger partial charge in [-0.1, -0.05) is 6.07 Å². The Morgan fingerprint density at radius 2 is 2.11 bits per heavy atom. The van der Waals surface area contributed by atoms with Crippen molar-refractivity contribution < 1.29 is 4.79 Å². The average molecular weight is 277 g/mol. The maximum absolute atomic E-state index is 11.9. The molecule has 2 fully saturated rings. The van der Waals surface area contributed by atoms with Gasteiger partial charge in [-0.25, -0.2) is 0 Å². The van der Waals surface area contributed by atoms with Crippen molar-refractivity contribution in [3.8, 4) is 0 Å². The van der Waals surface area contributed by atoms with Crippen LogP contribution < -0.4 is 5.73 Å². The Morgan fingerprint density at radius 3 is 2.68 bits per heavy atom. The van der Waals surface area contributed by atoms with E-state index < -0.39 is 5.41 Å². The Bertz CT molecular complexity index is 453. The molecular weight excluding hydrogens is 258 g/mol.